The molecule has 1 saturated heterocycles. The number of anilines is 2. The highest BCUT2D eigenvalue weighted by atomic mass is 35.5. The summed E-state index contributed by atoms with van der Waals surface area (Å²) in [4.78, 5) is 16.5. The predicted octanol–water partition coefficient (Wildman–Crippen LogP) is 2.98. The van der Waals surface area contributed by atoms with E-state index in [4.69, 9.17) is 11.6 Å². The van der Waals surface area contributed by atoms with Gasteiger partial charge in [-0.05, 0) is 37.3 Å². The molecular formula is C20H23ClFN3O3S. The quantitative estimate of drug-likeness (QED) is 0.718. The summed E-state index contributed by atoms with van der Waals surface area (Å²) in [6.45, 7) is 3.26. The van der Waals surface area contributed by atoms with Crippen LogP contribution in [-0.4, -0.2) is 57.7 Å². The molecule has 2 aromatic carbocycles. The summed E-state index contributed by atoms with van der Waals surface area (Å²) in [5, 5.41) is 0.384. The van der Waals surface area contributed by atoms with E-state index in [1.807, 2.05) is 4.90 Å². The number of amides is 1. The van der Waals surface area contributed by atoms with Gasteiger partial charge in [-0.3, -0.25) is 9.10 Å². The summed E-state index contributed by atoms with van der Waals surface area (Å²) in [5.74, 6) is -0.603. The van der Waals surface area contributed by atoms with Gasteiger partial charge < -0.3 is 9.80 Å². The SMILES string of the molecule is C[C@H](C(=O)N1CCN(c2ccccc2F)CC1)N(c1cccc(Cl)c1)S(C)(=O)=O. The van der Waals surface area contributed by atoms with Crippen LogP contribution in [0.2, 0.25) is 5.02 Å². The molecule has 0 aromatic heterocycles. The normalized spacial score (nSPS) is 15.9. The van der Waals surface area contributed by atoms with E-state index in [-0.39, 0.29) is 11.7 Å². The number of carbonyl (C=O) groups excluding carboxylic acids is 1. The molecule has 1 aliphatic heterocycles. The first-order valence-corrected chi connectivity index (χ1v) is 11.4. The van der Waals surface area contributed by atoms with Crippen LogP contribution in [0.15, 0.2) is 48.5 Å². The van der Waals surface area contributed by atoms with Crippen molar-refractivity contribution in [3.05, 3.63) is 59.4 Å². The van der Waals surface area contributed by atoms with Gasteiger partial charge in [0.2, 0.25) is 15.9 Å². The van der Waals surface area contributed by atoms with Crippen molar-refractivity contribution in [2.45, 2.75) is 13.0 Å². The first-order valence-electron chi connectivity index (χ1n) is 9.21. The van der Waals surface area contributed by atoms with Gasteiger partial charge in [-0.25, -0.2) is 12.8 Å². The van der Waals surface area contributed by atoms with Crippen LogP contribution in [0.25, 0.3) is 0 Å². The molecule has 1 atom stereocenters. The second kappa shape index (κ2) is 8.59. The van der Waals surface area contributed by atoms with E-state index < -0.39 is 16.1 Å². The zero-order chi connectivity index (χ0) is 21.2. The van der Waals surface area contributed by atoms with E-state index in [1.165, 1.54) is 12.1 Å². The number of piperazine rings is 1. The summed E-state index contributed by atoms with van der Waals surface area (Å²) >= 11 is 6.01. The number of para-hydroxylation sites is 1. The van der Waals surface area contributed by atoms with E-state index in [0.717, 1.165) is 10.6 Å². The Morgan fingerprint density at radius 3 is 2.34 bits per heavy atom. The molecule has 0 radical (unpaired) electrons. The molecule has 0 saturated carbocycles. The zero-order valence-corrected chi connectivity index (χ0v) is 17.8. The lowest BCUT2D eigenvalue weighted by Crippen LogP contribution is -2.55. The molecule has 1 fully saturated rings. The van der Waals surface area contributed by atoms with Crippen LogP contribution in [0.4, 0.5) is 15.8 Å². The summed E-state index contributed by atoms with van der Waals surface area (Å²) < 4.78 is 39.9. The minimum atomic E-state index is -3.71. The minimum absolute atomic E-state index is 0.301. The molecular weight excluding hydrogens is 417 g/mol. The highest BCUT2D eigenvalue weighted by Crippen LogP contribution is 2.26. The van der Waals surface area contributed by atoms with Crippen molar-refractivity contribution >= 4 is 38.9 Å². The Balaban J connectivity index is 1.75. The fraction of sp³-hybridized carbons (Fsp3) is 0.350. The summed E-state index contributed by atoms with van der Waals surface area (Å²) in [5.41, 5.74) is 0.843. The van der Waals surface area contributed by atoms with E-state index in [0.29, 0.717) is 42.6 Å². The summed E-state index contributed by atoms with van der Waals surface area (Å²) in [6, 6.07) is 12.0. The second-order valence-corrected chi connectivity index (χ2v) is 9.27. The van der Waals surface area contributed by atoms with E-state index in [2.05, 4.69) is 0 Å². The van der Waals surface area contributed by atoms with Crippen LogP contribution < -0.4 is 9.21 Å². The van der Waals surface area contributed by atoms with Crippen molar-refractivity contribution in [2.24, 2.45) is 0 Å². The van der Waals surface area contributed by atoms with Crippen LogP contribution in [0, 0.1) is 5.82 Å². The maximum atomic E-state index is 14.0. The fourth-order valence-electron chi connectivity index (χ4n) is 3.56. The molecule has 3 rings (SSSR count). The number of halogens is 2. The highest BCUT2D eigenvalue weighted by molar-refractivity contribution is 7.92. The third-order valence-corrected chi connectivity index (χ3v) is 6.39. The molecule has 0 bridgehead atoms. The number of sulfonamides is 1. The van der Waals surface area contributed by atoms with Crippen LogP contribution >= 0.6 is 11.6 Å². The Morgan fingerprint density at radius 2 is 1.76 bits per heavy atom. The fourth-order valence-corrected chi connectivity index (χ4v) is 4.90. The Bertz CT molecular complexity index is 994. The Hall–Kier alpha value is -2.32. The van der Waals surface area contributed by atoms with Crippen molar-refractivity contribution in [1.29, 1.82) is 0 Å². The molecule has 0 spiro atoms. The molecule has 156 valence electrons. The molecule has 9 heteroatoms. The first-order chi connectivity index (χ1) is 13.7. The number of nitrogens with zero attached hydrogens (tertiary/aromatic N) is 3. The third kappa shape index (κ3) is 4.82. The van der Waals surface area contributed by atoms with Gasteiger partial charge in [0.15, 0.2) is 0 Å². The van der Waals surface area contributed by atoms with Crippen LogP contribution in [0.5, 0.6) is 0 Å². The van der Waals surface area contributed by atoms with Gasteiger partial charge in [-0.15, -0.1) is 0 Å². The number of hydrogen-bond acceptors (Lipinski definition) is 4. The first kappa shape index (κ1) is 21.4. The van der Waals surface area contributed by atoms with Gasteiger partial charge in [-0.1, -0.05) is 29.8 Å². The van der Waals surface area contributed by atoms with Gasteiger partial charge in [0.05, 0.1) is 17.6 Å². The van der Waals surface area contributed by atoms with Crippen molar-refractivity contribution in [3.63, 3.8) is 0 Å². The molecule has 1 aliphatic rings. The largest absolute Gasteiger partial charge is 0.366 e. The number of carbonyl (C=O) groups is 1. The maximum Gasteiger partial charge on any atom is 0.246 e. The standard InChI is InChI=1S/C20H23ClFN3O3S/c1-15(25(29(2,27)28)17-7-5-6-16(21)14-17)20(26)24-12-10-23(11-13-24)19-9-4-3-8-18(19)22/h3-9,14-15H,10-13H2,1-2H3/t15-/m1/s1. The third-order valence-electron chi connectivity index (χ3n) is 4.91. The Morgan fingerprint density at radius 1 is 1.10 bits per heavy atom. The molecule has 0 aliphatic carbocycles. The van der Waals surface area contributed by atoms with E-state index in [9.17, 15) is 17.6 Å². The van der Waals surface area contributed by atoms with Crippen molar-refractivity contribution in [3.8, 4) is 0 Å². The number of hydrogen-bond donors (Lipinski definition) is 0. The number of benzene rings is 2. The molecule has 1 heterocycles. The van der Waals surface area contributed by atoms with Gasteiger partial charge in [0, 0.05) is 31.2 Å². The van der Waals surface area contributed by atoms with E-state index >= 15 is 0 Å². The number of rotatable bonds is 5. The lowest BCUT2D eigenvalue weighted by molar-refractivity contribution is -0.132. The van der Waals surface area contributed by atoms with Crippen LogP contribution in [0.1, 0.15) is 6.92 Å². The average Bonchev–Trinajstić information content (AvgIpc) is 2.67. The lowest BCUT2D eigenvalue weighted by atomic mass is 10.2. The molecule has 0 unspecified atom stereocenters. The van der Waals surface area contributed by atoms with Gasteiger partial charge in [0.1, 0.15) is 11.9 Å². The van der Waals surface area contributed by atoms with Gasteiger partial charge >= 0.3 is 0 Å². The molecule has 29 heavy (non-hydrogen) atoms. The van der Waals surface area contributed by atoms with Crippen molar-refractivity contribution in [2.75, 3.05) is 41.6 Å². The van der Waals surface area contributed by atoms with Crippen molar-refractivity contribution < 1.29 is 17.6 Å². The molecule has 6 nitrogen and oxygen atoms in total. The van der Waals surface area contributed by atoms with E-state index in [1.54, 1.807) is 48.2 Å². The monoisotopic (exact) mass is 439 g/mol. The molecule has 2 aromatic rings. The van der Waals surface area contributed by atoms with Gasteiger partial charge in [0.25, 0.3) is 0 Å². The van der Waals surface area contributed by atoms with Crippen molar-refractivity contribution in [1.82, 2.24) is 4.90 Å². The predicted molar refractivity (Wildman–Crippen MR) is 113 cm³/mol. The highest BCUT2D eigenvalue weighted by Gasteiger charge is 2.33. The maximum absolute atomic E-state index is 14.0. The molecule has 1 amide bonds. The van der Waals surface area contributed by atoms with Crippen LogP contribution in [0.3, 0.4) is 0 Å². The summed E-state index contributed by atoms with van der Waals surface area (Å²) in [6.07, 6.45) is 1.06. The second-order valence-electron chi connectivity index (χ2n) is 6.98. The lowest BCUT2D eigenvalue weighted by Gasteiger charge is -2.39. The minimum Gasteiger partial charge on any atom is -0.366 e. The van der Waals surface area contributed by atoms with Crippen LogP contribution in [-0.2, 0) is 14.8 Å². The Kier molecular flexibility index (Phi) is 6.33. The van der Waals surface area contributed by atoms with Gasteiger partial charge in [-0.2, -0.15) is 0 Å². The smallest absolute Gasteiger partial charge is 0.246 e. The summed E-state index contributed by atoms with van der Waals surface area (Å²) in [7, 11) is -3.71. The zero-order valence-electron chi connectivity index (χ0n) is 16.3. The topological polar surface area (TPSA) is 60.9 Å². The Labute approximate surface area is 175 Å². The average molecular weight is 440 g/mol. The molecule has 0 N–H and O–H groups in total.